The second kappa shape index (κ2) is 42.4. The smallest absolute Gasteiger partial charge is 0.407 e. The third-order valence-electron chi connectivity index (χ3n) is 22.8. The monoisotopic (exact) mass is 1780 g/mol. The van der Waals surface area contributed by atoms with Gasteiger partial charge in [0.1, 0.15) is 37.7 Å². The molecule has 0 spiro atoms. The van der Waals surface area contributed by atoms with Gasteiger partial charge in [-0.2, -0.15) is 12.6 Å². The van der Waals surface area contributed by atoms with Crippen LogP contribution in [0.5, 0.6) is 0 Å². The number of likely N-dealkylation sites (N-methyl/N-ethyl adjacent to an activating group) is 11. The van der Waals surface area contributed by atoms with Crippen molar-refractivity contribution in [1.82, 2.24) is 84.3 Å². The fourth-order valence-corrected chi connectivity index (χ4v) is 14.8. The number of carbonyl (C=O) groups is 18. The summed E-state index contributed by atoms with van der Waals surface area (Å²) >= 11 is 4.11. The molecule has 1 saturated heterocycles. The van der Waals surface area contributed by atoms with E-state index in [1.165, 1.54) is 129 Å². The van der Waals surface area contributed by atoms with Gasteiger partial charge in [0.25, 0.3) is 5.56 Å². The first-order valence-electron chi connectivity index (χ1n) is 40.7. The number of esters is 1. The number of nitrogens with two attached hydrogens (primary N) is 1. The second-order valence-electron chi connectivity index (χ2n) is 32.6. The molecule has 0 radical (unpaired) electrons. The molecule has 4 aromatic rings. The third kappa shape index (κ3) is 23.7. The summed E-state index contributed by atoms with van der Waals surface area (Å²) in [4.78, 5) is 271. The van der Waals surface area contributed by atoms with Crippen molar-refractivity contribution >= 4 is 136 Å². The van der Waals surface area contributed by atoms with E-state index in [0.717, 1.165) is 49.0 Å². The van der Waals surface area contributed by atoms with E-state index in [0.29, 0.717) is 46.0 Å². The van der Waals surface area contributed by atoms with Crippen LogP contribution in [0.1, 0.15) is 117 Å². The normalized spacial score (nSPS) is 15.7. The average Bonchev–Trinajstić information content (AvgIpc) is 1.52. The number of benzene rings is 2. The molecule has 684 valence electrons. The quantitative estimate of drug-likeness (QED) is 0.00950. The molecule has 3 aliphatic heterocycles. The van der Waals surface area contributed by atoms with E-state index < -0.39 is 226 Å². The molecule has 43 heteroatoms. The molecule has 17 amide bonds. The van der Waals surface area contributed by atoms with Gasteiger partial charge in [-0.15, -0.1) is 0 Å². The van der Waals surface area contributed by atoms with E-state index in [4.69, 9.17) is 20.2 Å². The maximum absolute atomic E-state index is 15.8. The van der Waals surface area contributed by atoms with Gasteiger partial charge in [-0.25, -0.2) is 19.0 Å². The highest BCUT2D eigenvalue weighted by Gasteiger charge is 2.47. The Balaban J connectivity index is 0.905. The molecule has 2 aromatic carbocycles. The molecule has 8 rings (SSSR count). The van der Waals surface area contributed by atoms with Crippen molar-refractivity contribution in [3.05, 3.63) is 91.0 Å². The molecule has 126 heavy (non-hydrogen) atoms. The van der Waals surface area contributed by atoms with Crippen LogP contribution < -0.4 is 32.6 Å². The topological polar surface area (TPSA) is 494 Å². The Morgan fingerprint density at radius 2 is 1.13 bits per heavy atom. The molecule has 2 aromatic heterocycles. The van der Waals surface area contributed by atoms with E-state index in [-0.39, 0.29) is 103 Å². The van der Waals surface area contributed by atoms with Crippen LogP contribution >= 0.6 is 12.6 Å². The van der Waals surface area contributed by atoms with E-state index in [1.54, 1.807) is 27.7 Å². The highest BCUT2D eigenvalue weighted by molar-refractivity contribution is 7.81. The number of nitrogens with zero attached hydrogens (tertiary/aromatic N) is 14. The van der Waals surface area contributed by atoms with Gasteiger partial charge in [-0.05, 0) is 104 Å². The van der Waals surface area contributed by atoms with Crippen molar-refractivity contribution in [1.29, 1.82) is 0 Å². The Kier molecular flexibility index (Phi) is 33.3. The maximum atomic E-state index is 15.8. The van der Waals surface area contributed by atoms with Crippen LogP contribution in [0.25, 0.3) is 22.3 Å². The van der Waals surface area contributed by atoms with Gasteiger partial charge in [0, 0.05) is 126 Å². The van der Waals surface area contributed by atoms with Gasteiger partial charge in [0.15, 0.2) is 5.60 Å². The van der Waals surface area contributed by atoms with Crippen LogP contribution in [0.4, 0.5) is 14.9 Å². The Bertz CT molecular complexity index is 5080. The minimum absolute atomic E-state index is 0.0557. The van der Waals surface area contributed by atoms with Gasteiger partial charge in [-0.1, -0.05) is 26.8 Å². The molecule has 5 heterocycles. The average molecular weight is 1780 g/mol. The molecule has 0 bridgehead atoms. The summed E-state index contributed by atoms with van der Waals surface area (Å²) in [6.07, 6.45) is 0.0771. The van der Waals surface area contributed by atoms with Crippen LogP contribution in [-0.2, 0) is 129 Å². The van der Waals surface area contributed by atoms with E-state index >= 15 is 4.39 Å². The summed E-state index contributed by atoms with van der Waals surface area (Å²) in [5, 5.41) is 22.3. The second-order valence-corrected chi connectivity index (χ2v) is 33.3. The first kappa shape index (κ1) is 98.9. The standard InChI is InChI=1S/C83H112FN19O22S/c1-17-83(123)54-27-59-76-52(31-102(59)79(119)53(54)44-124-81(83)121)74-56(24-23-51-46(4)55(84)28-58(87-76)73(51)74)89-82(122)125-43-48-21-22-50(86-77(117)57(20-18-19-25-85)88-78(118)75(45(2)3)90-61(105)32-103-62(106)29-60(126)80(103)120)26-49(48)30-92(7)64(108)34-94(9)66(110)36-96(11)68(112)38-98(13)70(114)40-100(15)72(116)42-101(16)71(115)41-99(14)69(113)39-97(12)67(111)37-95(10)65(109)35-93(8)63(107)33-91(6)47(5)104/h21-22,26-28,45,56-57,60,75,123,126H,17-20,23-25,29-44,85H2,1-16H3,(H,86,117)(H,88,118)(H,89,122)(H,90,105)/t56-,57-,60?,75-,83-/m0/s1. The largest absolute Gasteiger partial charge is 0.458 e. The lowest BCUT2D eigenvalue weighted by atomic mass is 9.81. The number of pyridine rings is 2. The molecule has 5 atom stereocenters. The number of imide groups is 1. The zero-order valence-corrected chi connectivity index (χ0v) is 74.6. The maximum Gasteiger partial charge on any atom is 0.407 e. The van der Waals surface area contributed by atoms with Crippen molar-refractivity contribution < 1.29 is 105 Å². The number of hydrogen-bond acceptors (Lipinski definition) is 25. The summed E-state index contributed by atoms with van der Waals surface area (Å²) < 4.78 is 28.5. The van der Waals surface area contributed by atoms with Gasteiger partial charge in [0.2, 0.25) is 94.5 Å². The Hall–Kier alpha value is -12.5. The molecule has 0 saturated carbocycles. The number of alkyl carbamates (subject to hydrolysis) is 1. The van der Waals surface area contributed by atoms with Crippen LogP contribution in [0, 0.1) is 18.7 Å². The number of aliphatic hydroxyl groups is 1. The van der Waals surface area contributed by atoms with Crippen LogP contribution in [0.3, 0.4) is 0 Å². The lowest BCUT2D eigenvalue weighted by Crippen LogP contribution is -2.56. The molecular weight excluding hydrogens is 1670 g/mol. The summed E-state index contributed by atoms with van der Waals surface area (Å²) in [6.45, 7) is 1.15. The molecule has 7 N–H and O–H groups in total. The number of nitrogens with one attached hydrogen (secondary N) is 4. The number of anilines is 1. The van der Waals surface area contributed by atoms with Crippen molar-refractivity contribution in [2.24, 2.45) is 11.7 Å². The van der Waals surface area contributed by atoms with Crippen molar-refractivity contribution in [3.8, 4) is 11.4 Å². The molecule has 1 aliphatic carbocycles. The molecule has 1 unspecified atom stereocenters. The summed E-state index contributed by atoms with van der Waals surface area (Å²) in [7, 11) is 14.6. The SMILES string of the molecule is CC[C@@]1(O)C(=O)OCc2c1cc1n(c2=O)Cc2c-1nc1cc(F)c(C)c3c1c2[C@@H](NC(=O)OCc1ccc(NC(=O)[C@H](CCCCN)NC(=O)[C@@H](NC(=O)CN2C(=O)CC(S)C2=O)C(C)C)cc1CN(C)C(=O)CN(C)C(=O)CN(C)C(=O)CN(C)C(=O)CN(C)C(=O)CN(C)C(=O)CN(C)C(=O)CN(C)C(=O)CN(C)C(=O)CN(C)C(=O)CN(C)C(C)=O)CC3. The Labute approximate surface area is 732 Å². The number of amides is 17. The number of aryl methyl sites for hydroxylation is 1. The minimum atomic E-state index is -2.15. The number of cyclic esters (lactones) is 1. The third-order valence-corrected chi connectivity index (χ3v) is 23.2. The number of ether oxygens (including phenoxy) is 2. The molecule has 1 fully saturated rings. The van der Waals surface area contributed by atoms with Crippen molar-refractivity contribution in [3.63, 3.8) is 0 Å². The zero-order chi connectivity index (χ0) is 93.7. The zero-order valence-electron chi connectivity index (χ0n) is 73.7. The highest BCUT2D eigenvalue weighted by Crippen LogP contribution is 2.46. The number of unbranched alkanes of at least 4 members (excludes halogenated alkanes) is 1. The fourth-order valence-electron chi connectivity index (χ4n) is 14.5. The lowest BCUT2D eigenvalue weighted by Gasteiger charge is -2.31. The van der Waals surface area contributed by atoms with Crippen LogP contribution in [-0.4, -0.2) is 353 Å². The number of thiol groups is 1. The Morgan fingerprint density at radius 3 is 1.58 bits per heavy atom. The minimum Gasteiger partial charge on any atom is -0.458 e. The van der Waals surface area contributed by atoms with Crippen molar-refractivity contribution in [2.75, 3.05) is 161 Å². The van der Waals surface area contributed by atoms with Gasteiger partial charge < -0.3 is 100 Å². The van der Waals surface area contributed by atoms with Crippen LogP contribution in [0.2, 0.25) is 0 Å². The lowest BCUT2D eigenvalue weighted by molar-refractivity contribution is -0.172. The number of fused-ring (bicyclic) bond motifs is 5. The number of rotatable bonds is 38. The number of aromatic nitrogens is 2. The fraction of sp³-hybridized carbons (Fsp3) is 0.542. The Morgan fingerprint density at radius 1 is 0.643 bits per heavy atom. The van der Waals surface area contributed by atoms with E-state index in [2.05, 4.69) is 33.9 Å². The summed E-state index contributed by atoms with van der Waals surface area (Å²) in [5.74, 6) is -12.6. The first-order valence-corrected chi connectivity index (χ1v) is 41.2. The van der Waals surface area contributed by atoms with Gasteiger partial charge in [0.05, 0.1) is 106 Å². The number of hydrogen-bond donors (Lipinski definition) is 7. The number of halogens is 1. The summed E-state index contributed by atoms with van der Waals surface area (Å²) in [5.41, 5.74) is 6.75. The molecular formula is C83H112FN19O22S. The first-order chi connectivity index (χ1) is 59.1. The highest BCUT2D eigenvalue weighted by atomic mass is 32.1. The number of carbonyl (C=O) groups excluding carboxylic acids is 18. The van der Waals surface area contributed by atoms with Crippen molar-refractivity contribution in [2.45, 2.75) is 135 Å². The molecule has 41 nitrogen and oxygen atoms in total. The predicted octanol–water partition coefficient (Wildman–Crippen LogP) is -2.25. The van der Waals surface area contributed by atoms with Crippen LogP contribution in [0.15, 0.2) is 35.1 Å². The molecule has 4 aliphatic rings. The number of likely N-dealkylation sites (tertiary alicyclic amines) is 1. The predicted molar refractivity (Wildman–Crippen MR) is 453 cm³/mol. The van der Waals surface area contributed by atoms with E-state index in [9.17, 15) is 96.2 Å². The van der Waals surface area contributed by atoms with Gasteiger partial charge >= 0.3 is 12.1 Å². The summed E-state index contributed by atoms with van der Waals surface area (Å²) in [6, 6.07) is 3.92. The van der Waals surface area contributed by atoms with Gasteiger partial charge in [-0.3, -0.25) is 86.4 Å². The van der Waals surface area contributed by atoms with E-state index in [1.807, 2.05) is 0 Å².